The summed E-state index contributed by atoms with van der Waals surface area (Å²) in [6.45, 7) is 8.59. The third-order valence-electron chi connectivity index (χ3n) is 4.88. The SMILES string of the molecule is CCN(c1ccc(F)cc1)C1(CN)CCOC(C)(CC)C1. The lowest BCUT2D eigenvalue weighted by Gasteiger charge is -2.52. The largest absolute Gasteiger partial charge is 0.375 e. The number of anilines is 1. The van der Waals surface area contributed by atoms with Crippen LogP contribution in [-0.2, 0) is 4.74 Å². The number of halogens is 1. The van der Waals surface area contributed by atoms with Gasteiger partial charge in [0.25, 0.3) is 0 Å². The summed E-state index contributed by atoms with van der Waals surface area (Å²) in [5, 5.41) is 0. The van der Waals surface area contributed by atoms with Gasteiger partial charge >= 0.3 is 0 Å². The van der Waals surface area contributed by atoms with Crippen molar-refractivity contribution >= 4 is 5.69 Å². The minimum Gasteiger partial charge on any atom is -0.375 e. The summed E-state index contributed by atoms with van der Waals surface area (Å²) < 4.78 is 19.2. The molecule has 0 radical (unpaired) electrons. The maximum atomic E-state index is 13.2. The predicted octanol–water partition coefficient (Wildman–Crippen LogP) is 3.33. The van der Waals surface area contributed by atoms with Crippen molar-refractivity contribution in [2.45, 2.75) is 51.2 Å². The van der Waals surface area contributed by atoms with E-state index in [0.29, 0.717) is 6.54 Å². The Balaban J connectivity index is 2.34. The molecule has 0 aromatic heterocycles. The van der Waals surface area contributed by atoms with E-state index in [0.717, 1.165) is 38.1 Å². The van der Waals surface area contributed by atoms with Crippen molar-refractivity contribution in [3.05, 3.63) is 30.1 Å². The zero-order valence-electron chi connectivity index (χ0n) is 13.4. The van der Waals surface area contributed by atoms with Crippen molar-refractivity contribution in [2.75, 3.05) is 24.6 Å². The molecule has 0 bridgehead atoms. The molecule has 0 aliphatic carbocycles. The van der Waals surface area contributed by atoms with Gasteiger partial charge < -0.3 is 15.4 Å². The van der Waals surface area contributed by atoms with Crippen molar-refractivity contribution < 1.29 is 9.13 Å². The van der Waals surface area contributed by atoms with Crippen LogP contribution in [0.2, 0.25) is 0 Å². The van der Waals surface area contributed by atoms with Crippen LogP contribution in [0.1, 0.15) is 40.0 Å². The van der Waals surface area contributed by atoms with Gasteiger partial charge in [-0.25, -0.2) is 4.39 Å². The second-order valence-corrected chi connectivity index (χ2v) is 6.23. The highest BCUT2D eigenvalue weighted by atomic mass is 19.1. The molecule has 2 unspecified atom stereocenters. The van der Waals surface area contributed by atoms with Crippen LogP contribution in [-0.4, -0.2) is 30.8 Å². The Kier molecular flexibility index (Phi) is 4.89. The third kappa shape index (κ3) is 3.22. The fourth-order valence-corrected chi connectivity index (χ4v) is 3.48. The molecule has 3 nitrogen and oxygen atoms in total. The molecule has 1 fully saturated rings. The number of benzene rings is 1. The Hall–Kier alpha value is -1.13. The van der Waals surface area contributed by atoms with E-state index >= 15 is 0 Å². The van der Waals surface area contributed by atoms with Crippen LogP contribution in [0.3, 0.4) is 0 Å². The summed E-state index contributed by atoms with van der Waals surface area (Å²) in [5.41, 5.74) is 6.97. The van der Waals surface area contributed by atoms with Gasteiger partial charge in [0.1, 0.15) is 5.82 Å². The number of hydrogen-bond donors (Lipinski definition) is 1. The van der Waals surface area contributed by atoms with Gasteiger partial charge in [0, 0.05) is 31.8 Å². The molecule has 2 rings (SSSR count). The molecule has 1 heterocycles. The van der Waals surface area contributed by atoms with Crippen LogP contribution < -0.4 is 10.6 Å². The van der Waals surface area contributed by atoms with Crippen LogP contribution in [0.25, 0.3) is 0 Å². The van der Waals surface area contributed by atoms with E-state index in [-0.39, 0.29) is 17.0 Å². The zero-order valence-corrected chi connectivity index (χ0v) is 13.4. The molecule has 21 heavy (non-hydrogen) atoms. The van der Waals surface area contributed by atoms with Gasteiger partial charge in [-0.1, -0.05) is 6.92 Å². The van der Waals surface area contributed by atoms with Crippen molar-refractivity contribution in [3.63, 3.8) is 0 Å². The van der Waals surface area contributed by atoms with Crippen LogP contribution in [0.5, 0.6) is 0 Å². The van der Waals surface area contributed by atoms with E-state index < -0.39 is 0 Å². The molecule has 118 valence electrons. The van der Waals surface area contributed by atoms with Crippen LogP contribution in [0.15, 0.2) is 24.3 Å². The highest BCUT2D eigenvalue weighted by Gasteiger charge is 2.45. The van der Waals surface area contributed by atoms with Crippen LogP contribution in [0.4, 0.5) is 10.1 Å². The Morgan fingerprint density at radius 3 is 2.48 bits per heavy atom. The van der Waals surface area contributed by atoms with Gasteiger partial charge in [-0.2, -0.15) is 0 Å². The average Bonchev–Trinajstić information content (AvgIpc) is 2.50. The molecule has 1 aliphatic rings. The fraction of sp³-hybridized carbons (Fsp3) is 0.647. The van der Waals surface area contributed by atoms with Gasteiger partial charge in [-0.3, -0.25) is 0 Å². The molecular formula is C17H27FN2O. The van der Waals surface area contributed by atoms with E-state index in [4.69, 9.17) is 10.5 Å². The lowest BCUT2D eigenvalue weighted by atomic mass is 9.77. The van der Waals surface area contributed by atoms with Crippen molar-refractivity contribution in [2.24, 2.45) is 5.73 Å². The van der Waals surface area contributed by atoms with E-state index in [2.05, 4.69) is 25.7 Å². The molecule has 1 aliphatic heterocycles. The maximum Gasteiger partial charge on any atom is 0.123 e. The third-order valence-corrected chi connectivity index (χ3v) is 4.88. The highest BCUT2D eigenvalue weighted by Crippen LogP contribution is 2.39. The van der Waals surface area contributed by atoms with Gasteiger partial charge in [0.05, 0.1) is 11.1 Å². The van der Waals surface area contributed by atoms with Crippen molar-refractivity contribution in [1.82, 2.24) is 0 Å². The first-order valence-electron chi connectivity index (χ1n) is 7.86. The summed E-state index contributed by atoms with van der Waals surface area (Å²) in [5.74, 6) is -0.207. The number of likely N-dealkylation sites (N-methyl/N-ethyl adjacent to an activating group) is 1. The topological polar surface area (TPSA) is 38.5 Å². The minimum atomic E-state index is -0.207. The van der Waals surface area contributed by atoms with Crippen LogP contribution >= 0.6 is 0 Å². The summed E-state index contributed by atoms with van der Waals surface area (Å²) in [4.78, 5) is 2.32. The molecule has 1 aromatic rings. The van der Waals surface area contributed by atoms with Crippen molar-refractivity contribution in [1.29, 1.82) is 0 Å². The monoisotopic (exact) mass is 294 g/mol. The van der Waals surface area contributed by atoms with Crippen molar-refractivity contribution in [3.8, 4) is 0 Å². The normalized spacial score (nSPS) is 29.4. The quantitative estimate of drug-likeness (QED) is 0.905. The average molecular weight is 294 g/mol. The molecule has 2 atom stereocenters. The molecule has 2 N–H and O–H groups in total. The highest BCUT2D eigenvalue weighted by molar-refractivity contribution is 5.49. The number of rotatable bonds is 5. The van der Waals surface area contributed by atoms with Gasteiger partial charge in [0.15, 0.2) is 0 Å². The fourth-order valence-electron chi connectivity index (χ4n) is 3.48. The molecule has 0 spiro atoms. The molecule has 1 aromatic carbocycles. The maximum absolute atomic E-state index is 13.2. The van der Waals surface area contributed by atoms with E-state index in [1.807, 2.05) is 12.1 Å². The first kappa shape index (κ1) is 16.2. The molecule has 1 saturated heterocycles. The van der Waals surface area contributed by atoms with Gasteiger partial charge in [0.2, 0.25) is 0 Å². The second kappa shape index (κ2) is 6.32. The number of nitrogens with zero attached hydrogens (tertiary/aromatic N) is 1. The summed E-state index contributed by atoms with van der Waals surface area (Å²) in [7, 11) is 0. The lowest BCUT2D eigenvalue weighted by molar-refractivity contribution is -0.0934. The molecule has 4 heteroatoms. The predicted molar refractivity (Wildman–Crippen MR) is 85.1 cm³/mol. The number of ether oxygens (including phenoxy) is 1. The van der Waals surface area contributed by atoms with E-state index in [9.17, 15) is 4.39 Å². The number of hydrogen-bond acceptors (Lipinski definition) is 3. The Morgan fingerprint density at radius 1 is 1.29 bits per heavy atom. The van der Waals surface area contributed by atoms with Crippen LogP contribution in [0, 0.1) is 5.82 Å². The summed E-state index contributed by atoms with van der Waals surface area (Å²) in [6, 6.07) is 6.71. The molecular weight excluding hydrogens is 267 g/mol. The van der Waals surface area contributed by atoms with E-state index in [1.165, 1.54) is 12.1 Å². The Morgan fingerprint density at radius 2 is 1.95 bits per heavy atom. The molecule has 0 saturated carbocycles. The van der Waals surface area contributed by atoms with Gasteiger partial charge in [-0.15, -0.1) is 0 Å². The van der Waals surface area contributed by atoms with E-state index in [1.54, 1.807) is 0 Å². The first-order valence-corrected chi connectivity index (χ1v) is 7.86. The van der Waals surface area contributed by atoms with Gasteiger partial charge in [-0.05, 0) is 51.0 Å². The Bertz CT molecular complexity index is 464. The number of nitrogens with two attached hydrogens (primary N) is 1. The minimum absolute atomic E-state index is 0.115. The zero-order chi connectivity index (χ0) is 15.5. The smallest absolute Gasteiger partial charge is 0.123 e. The standard InChI is InChI=1S/C17H27FN2O/c1-4-16(3)12-17(13-19,10-11-21-16)20(5-2)15-8-6-14(18)7-9-15/h6-9H,4-5,10-13,19H2,1-3H3. The molecule has 0 amide bonds. The second-order valence-electron chi connectivity index (χ2n) is 6.23. The summed E-state index contributed by atoms with van der Waals surface area (Å²) in [6.07, 6.45) is 2.78. The first-order chi connectivity index (χ1) is 9.98. The lowest BCUT2D eigenvalue weighted by Crippen LogP contribution is -2.61. The Labute approximate surface area is 127 Å². The summed E-state index contributed by atoms with van der Waals surface area (Å²) >= 11 is 0.